The van der Waals surface area contributed by atoms with E-state index in [2.05, 4.69) is 98.3 Å². The van der Waals surface area contributed by atoms with E-state index < -0.39 is 49.9 Å². The summed E-state index contributed by atoms with van der Waals surface area (Å²) in [5.41, 5.74) is 1.22. The van der Waals surface area contributed by atoms with E-state index in [1.165, 1.54) is 0 Å². The van der Waals surface area contributed by atoms with Gasteiger partial charge in [-0.05, 0) is 137 Å². The molecule has 9 nitrogen and oxygen atoms in total. The van der Waals surface area contributed by atoms with Crippen molar-refractivity contribution in [1.29, 1.82) is 0 Å². The summed E-state index contributed by atoms with van der Waals surface area (Å²) in [6, 6.07) is 2.63. The van der Waals surface area contributed by atoms with Crippen LogP contribution in [-0.2, 0) is 40.9 Å². The first kappa shape index (κ1) is 49.0. The number of hydrogen-bond donors (Lipinski definition) is 0. The average molecular weight is 822 g/mol. The molecule has 0 amide bonds. The largest absolute Gasteiger partial charge is 0.462 e. The molecule has 0 heterocycles. The maximum Gasteiger partial charge on any atom is 0.333 e. The van der Waals surface area contributed by atoms with E-state index in [1.807, 2.05) is 0 Å². The molecule has 0 saturated carbocycles. The van der Waals surface area contributed by atoms with Crippen LogP contribution in [-0.4, -0.2) is 97.9 Å². The van der Waals surface area contributed by atoms with Gasteiger partial charge in [-0.2, -0.15) is 0 Å². The summed E-state index contributed by atoms with van der Waals surface area (Å²) in [6.45, 7) is 45.2. The zero-order chi connectivity index (χ0) is 39.6. The van der Waals surface area contributed by atoms with Crippen LogP contribution in [0.2, 0.25) is 101 Å². The lowest BCUT2D eigenvalue weighted by molar-refractivity contribution is -0.139. The van der Waals surface area contributed by atoms with Gasteiger partial charge in [-0.1, -0.05) is 19.7 Å². The fourth-order valence-electron chi connectivity index (χ4n) is 7.06. The molecule has 0 spiro atoms. The summed E-state index contributed by atoms with van der Waals surface area (Å²) < 4.78 is 38.6. The quantitative estimate of drug-likeness (QED) is 0.0316. The lowest BCUT2D eigenvalue weighted by atomic mass is 10.4. The van der Waals surface area contributed by atoms with Gasteiger partial charge in [0.2, 0.25) is 0 Å². The van der Waals surface area contributed by atoms with E-state index in [4.69, 9.17) is 26.6 Å². The van der Waals surface area contributed by atoms with Crippen LogP contribution in [0.1, 0.15) is 40.0 Å². The third-order valence-corrected chi connectivity index (χ3v) is 56.0. The predicted octanol–water partition coefficient (Wildman–Crippen LogP) is 7.94. The van der Waals surface area contributed by atoms with Crippen molar-refractivity contribution in [3.63, 3.8) is 0 Å². The highest BCUT2D eigenvalue weighted by atomic mass is 28.5. The zero-order valence-corrected chi connectivity index (χ0v) is 42.7. The maximum atomic E-state index is 12.0. The first-order chi connectivity index (χ1) is 22.4. The van der Waals surface area contributed by atoms with Crippen molar-refractivity contribution in [2.45, 2.75) is 141 Å². The number of hydrogen-bond acceptors (Lipinski definition) is 9. The lowest BCUT2D eigenvalue weighted by Crippen LogP contribution is -2.75. The lowest BCUT2D eigenvalue weighted by Gasteiger charge is -2.61. The Morgan fingerprint density at radius 3 is 0.860 bits per heavy atom. The van der Waals surface area contributed by atoms with Gasteiger partial charge in [0.25, 0.3) is 0 Å². The highest BCUT2D eigenvalue weighted by Gasteiger charge is 2.67. The number of esters is 3. The molecule has 0 atom stereocenters. The van der Waals surface area contributed by atoms with Crippen molar-refractivity contribution in [3.8, 4) is 0 Å². The fourth-order valence-corrected chi connectivity index (χ4v) is 53.2. The summed E-state index contributed by atoms with van der Waals surface area (Å²) in [6.07, 6.45) is 2.24. The second-order valence-electron chi connectivity index (χ2n) is 17.3. The fraction of sp³-hybridized carbons (Fsp3) is 0.735. The molecule has 0 aromatic carbocycles. The maximum absolute atomic E-state index is 12.0. The first-order valence-electron chi connectivity index (χ1n) is 17.9. The summed E-state index contributed by atoms with van der Waals surface area (Å²) in [7, 11) is -13.3. The summed E-state index contributed by atoms with van der Waals surface area (Å²) in [5.74, 6) is -1.06. The molecule has 0 aliphatic heterocycles. The van der Waals surface area contributed by atoms with Gasteiger partial charge in [0.1, 0.15) is 0 Å². The van der Waals surface area contributed by atoms with Crippen LogP contribution < -0.4 is 0 Å². The summed E-state index contributed by atoms with van der Waals surface area (Å²) >= 11 is 0. The molecule has 50 heavy (non-hydrogen) atoms. The van der Waals surface area contributed by atoms with Crippen molar-refractivity contribution in [2.24, 2.45) is 0 Å². The van der Waals surface area contributed by atoms with Gasteiger partial charge in [-0.15, -0.1) is 0 Å². The molecular formula is C34H72O9Si7. The molecule has 0 fully saturated rings. The molecule has 0 saturated heterocycles. The van der Waals surface area contributed by atoms with Gasteiger partial charge in [0.05, 0.1) is 19.8 Å². The normalized spacial score (nSPS) is 13.5. The van der Waals surface area contributed by atoms with E-state index in [-0.39, 0.29) is 21.8 Å². The van der Waals surface area contributed by atoms with Crippen molar-refractivity contribution in [2.75, 3.05) is 19.8 Å². The van der Waals surface area contributed by atoms with Gasteiger partial charge in [-0.25, -0.2) is 14.4 Å². The Kier molecular flexibility index (Phi) is 19.0. The number of rotatable bonds is 24. The number of carbonyl (C=O) groups excluding carboxylic acids is 3. The molecule has 0 aliphatic rings. The summed E-state index contributed by atoms with van der Waals surface area (Å²) in [5, 5.41) is 0. The van der Waals surface area contributed by atoms with Gasteiger partial charge in [-0.3, -0.25) is 0 Å². The predicted molar refractivity (Wildman–Crippen MR) is 226 cm³/mol. The van der Waals surface area contributed by atoms with Crippen molar-refractivity contribution < 1.29 is 40.9 Å². The molecule has 0 aromatic heterocycles. The van der Waals surface area contributed by atoms with Crippen LogP contribution in [0.3, 0.4) is 0 Å². The SMILES string of the molecule is C=C(C)C(=O)OCCC[Si](C)(C)O[Si](C)(C)C([SiH3])([Si](C)(C)O[Si](C)(C)CCCOC(=O)C(=C)C)[Si](C)(C)O[Si](C)(C)CCCOC(=O)C(=C)C. The van der Waals surface area contributed by atoms with Gasteiger partial charge in [0, 0.05) is 30.9 Å². The monoisotopic (exact) mass is 820 g/mol. The molecule has 16 heteroatoms. The molecule has 0 aromatic rings. The van der Waals surface area contributed by atoms with E-state index in [9.17, 15) is 14.4 Å². The molecule has 0 rings (SSSR count). The Morgan fingerprint density at radius 2 is 0.680 bits per heavy atom. The number of ether oxygens (including phenoxy) is 3. The van der Waals surface area contributed by atoms with Gasteiger partial charge in [0.15, 0.2) is 49.9 Å². The van der Waals surface area contributed by atoms with Crippen LogP contribution in [0, 0.1) is 0 Å². The van der Waals surface area contributed by atoms with E-state index in [1.54, 1.807) is 20.8 Å². The average Bonchev–Trinajstić information content (AvgIpc) is 2.92. The Balaban J connectivity index is 6.46. The van der Waals surface area contributed by atoms with E-state index >= 15 is 0 Å². The molecule has 0 N–H and O–H groups in total. The van der Waals surface area contributed by atoms with Crippen LogP contribution in [0.4, 0.5) is 0 Å². The minimum atomic E-state index is -2.53. The molecule has 0 radical (unpaired) electrons. The molecule has 0 aliphatic carbocycles. The van der Waals surface area contributed by atoms with Crippen LogP contribution in [0.15, 0.2) is 36.5 Å². The minimum Gasteiger partial charge on any atom is -0.462 e. The van der Waals surface area contributed by atoms with Gasteiger partial charge < -0.3 is 26.6 Å². The second-order valence-corrected chi connectivity index (χ2v) is 49.9. The Labute approximate surface area is 314 Å². The van der Waals surface area contributed by atoms with E-state index in [0.717, 1.165) is 47.6 Å². The van der Waals surface area contributed by atoms with Crippen molar-refractivity contribution >= 4 is 78.1 Å². The Hall–Kier alpha value is -0.972. The first-order valence-corrected chi connectivity index (χ1v) is 37.0. The Morgan fingerprint density at radius 1 is 0.480 bits per heavy atom. The highest BCUT2D eigenvalue weighted by Crippen LogP contribution is 2.54. The van der Waals surface area contributed by atoms with Crippen molar-refractivity contribution in [1.82, 2.24) is 0 Å². The van der Waals surface area contributed by atoms with E-state index in [0.29, 0.717) is 36.5 Å². The second kappa shape index (κ2) is 19.4. The third kappa shape index (κ3) is 15.6. The zero-order valence-electron chi connectivity index (χ0n) is 34.7. The topological polar surface area (TPSA) is 107 Å². The van der Waals surface area contributed by atoms with Crippen LogP contribution >= 0.6 is 0 Å². The summed E-state index contributed by atoms with van der Waals surface area (Å²) in [4.78, 5) is 35.9. The third-order valence-electron chi connectivity index (χ3n) is 9.72. The molecule has 0 unspecified atom stereocenters. The minimum absolute atomic E-state index is 0.142. The molecule has 0 bridgehead atoms. The molecular weight excluding hydrogens is 749 g/mol. The van der Waals surface area contributed by atoms with Gasteiger partial charge >= 0.3 is 17.9 Å². The van der Waals surface area contributed by atoms with Crippen LogP contribution in [0.25, 0.3) is 0 Å². The Bertz CT molecular complexity index is 1080. The smallest absolute Gasteiger partial charge is 0.333 e. The highest BCUT2D eigenvalue weighted by molar-refractivity contribution is 7.20. The standard InChI is InChI=1S/C34H72O9Si7/c1-28(2)31(35)38-22-19-25-45(7,8)41-48(13,14)34(44,49(15,16)42-46(9,10)26-20-23-39-32(36)29(3)4)50(17,18)43-47(11,12)27-21-24-40-33(37)30(5)6/h1,3,5,19-27H2,2,4,6-18,44H3. The van der Waals surface area contributed by atoms with Crippen LogP contribution in [0.5, 0.6) is 0 Å². The number of carbonyl (C=O) groups is 3. The molecule has 290 valence electrons. The van der Waals surface area contributed by atoms with Crippen molar-refractivity contribution in [3.05, 3.63) is 36.5 Å².